The summed E-state index contributed by atoms with van der Waals surface area (Å²) in [6.07, 6.45) is 0.757. The molecule has 5 heteroatoms. The summed E-state index contributed by atoms with van der Waals surface area (Å²) in [5.41, 5.74) is 0. The zero-order valence-electron chi connectivity index (χ0n) is 7.79. The van der Waals surface area contributed by atoms with E-state index in [9.17, 15) is 14.7 Å². The van der Waals surface area contributed by atoms with Gasteiger partial charge in [0.1, 0.15) is 5.97 Å². The maximum atomic E-state index is 10.7. The number of hydrogen-bond donors (Lipinski definition) is 0. The van der Waals surface area contributed by atoms with E-state index < -0.39 is 11.9 Å². The summed E-state index contributed by atoms with van der Waals surface area (Å²) in [5, 5.41) is 10.1. The summed E-state index contributed by atoms with van der Waals surface area (Å²) >= 11 is 0. The summed E-state index contributed by atoms with van der Waals surface area (Å²) < 4.78 is 0. The maximum Gasteiger partial charge on any atom is 1.00 e. The number of nitrogens with zero attached hydrogens (tertiary/aromatic N) is 1. The van der Waals surface area contributed by atoms with Gasteiger partial charge in [0.25, 0.3) is 5.91 Å². The van der Waals surface area contributed by atoms with Crippen LogP contribution in [0.25, 0.3) is 0 Å². The summed E-state index contributed by atoms with van der Waals surface area (Å²) in [5.74, 6) is -2.55. The first-order valence-corrected chi connectivity index (χ1v) is 3.63. The van der Waals surface area contributed by atoms with Crippen molar-refractivity contribution in [3.8, 4) is 0 Å². The number of carbonyl (C=O) groups is 2. The van der Waals surface area contributed by atoms with E-state index in [4.69, 9.17) is 0 Å². The molecular formula is C7H12NNaO3. The average molecular weight is 181 g/mol. The molecule has 0 atom stereocenters. The smallest absolute Gasteiger partial charge is 0.540 e. The molecule has 0 aromatic heterocycles. The van der Waals surface area contributed by atoms with Gasteiger partial charge >= 0.3 is 29.6 Å². The molecule has 0 N–H and O–H groups in total. The quantitative estimate of drug-likeness (QED) is 0.329. The van der Waals surface area contributed by atoms with Crippen molar-refractivity contribution in [2.75, 3.05) is 13.1 Å². The first-order chi connectivity index (χ1) is 5.13. The molecule has 0 bridgehead atoms. The van der Waals surface area contributed by atoms with Crippen LogP contribution < -0.4 is 34.7 Å². The zero-order chi connectivity index (χ0) is 8.85. The predicted molar refractivity (Wildman–Crippen MR) is 37.6 cm³/mol. The molecule has 0 spiro atoms. The van der Waals surface area contributed by atoms with Gasteiger partial charge in [0.15, 0.2) is 0 Å². The van der Waals surface area contributed by atoms with E-state index >= 15 is 0 Å². The van der Waals surface area contributed by atoms with Crippen LogP contribution in [0.5, 0.6) is 0 Å². The molecule has 4 nitrogen and oxygen atoms in total. The van der Waals surface area contributed by atoms with Gasteiger partial charge in [-0.05, 0) is 13.3 Å². The third-order valence-corrected chi connectivity index (χ3v) is 1.34. The molecule has 64 valence electrons. The number of carbonyl (C=O) groups excluding carboxylic acids is 2. The molecule has 0 saturated carbocycles. The number of rotatable bonds is 3. The summed E-state index contributed by atoms with van der Waals surface area (Å²) in [4.78, 5) is 22.0. The molecule has 0 radical (unpaired) electrons. The third kappa shape index (κ3) is 4.74. The molecule has 0 aromatic rings. The van der Waals surface area contributed by atoms with Gasteiger partial charge in [-0.15, -0.1) is 0 Å². The fraction of sp³-hybridized carbons (Fsp3) is 0.714. The Morgan fingerprint density at radius 3 is 2.08 bits per heavy atom. The van der Waals surface area contributed by atoms with Gasteiger partial charge in [0, 0.05) is 13.1 Å². The Balaban J connectivity index is 0. The molecule has 0 aliphatic carbocycles. The van der Waals surface area contributed by atoms with E-state index in [0.717, 1.165) is 6.42 Å². The minimum absolute atomic E-state index is 0. The summed E-state index contributed by atoms with van der Waals surface area (Å²) in [6, 6.07) is 0. The Hall–Kier alpha value is -0.0600. The fourth-order valence-electron chi connectivity index (χ4n) is 0.802. The largest absolute Gasteiger partial charge is 1.00 e. The minimum atomic E-state index is -1.62. The van der Waals surface area contributed by atoms with E-state index in [1.165, 1.54) is 4.90 Å². The van der Waals surface area contributed by atoms with Crippen molar-refractivity contribution in [2.24, 2.45) is 0 Å². The van der Waals surface area contributed by atoms with Gasteiger partial charge in [-0.3, -0.25) is 4.79 Å². The van der Waals surface area contributed by atoms with Crippen LogP contribution in [0.4, 0.5) is 0 Å². The van der Waals surface area contributed by atoms with Crippen LogP contribution in [0.15, 0.2) is 0 Å². The van der Waals surface area contributed by atoms with Crippen molar-refractivity contribution in [1.29, 1.82) is 0 Å². The van der Waals surface area contributed by atoms with E-state index in [0.29, 0.717) is 13.1 Å². The number of carboxylic acid groups (broad SMARTS) is 1. The van der Waals surface area contributed by atoms with Gasteiger partial charge in [-0.2, -0.15) is 0 Å². The van der Waals surface area contributed by atoms with Crippen LogP contribution in [0.1, 0.15) is 20.3 Å². The number of amides is 1. The summed E-state index contributed by atoms with van der Waals surface area (Å²) in [6.45, 7) is 4.51. The molecule has 0 aliphatic heterocycles. The third-order valence-electron chi connectivity index (χ3n) is 1.34. The second kappa shape index (κ2) is 7.58. The molecule has 12 heavy (non-hydrogen) atoms. The van der Waals surface area contributed by atoms with Crippen molar-refractivity contribution in [1.82, 2.24) is 4.90 Å². The topological polar surface area (TPSA) is 60.4 Å². The number of hydrogen-bond acceptors (Lipinski definition) is 3. The molecule has 0 rings (SSSR count). The molecule has 0 unspecified atom stereocenters. The Morgan fingerprint density at radius 1 is 1.33 bits per heavy atom. The van der Waals surface area contributed by atoms with Gasteiger partial charge in [-0.1, -0.05) is 6.92 Å². The second-order valence-corrected chi connectivity index (χ2v) is 2.17. The molecule has 0 aliphatic rings. The monoisotopic (exact) mass is 181 g/mol. The van der Waals surface area contributed by atoms with Crippen molar-refractivity contribution in [3.63, 3.8) is 0 Å². The molecule has 0 saturated heterocycles. The SMILES string of the molecule is CCCN(CC)C(=O)C(=O)[O-].[Na+]. The number of aliphatic carboxylic acids is 1. The van der Waals surface area contributed by atoms with Crippen molar-refractivity contribution in [2.45, 2.75) is 20.3 Å². The van der Waals surface area contributed by atoms with E-state index in [1.807, 2.05) is 6.92 Å². The Morgan fingerprint density at radius 2 is 1.83 bits per heavy atom. The molecule has 0 fully saturated rings. The average Bonchev–Trinajstić information content (AvgIpc) is 1.98. The number of likely N-dealkylation sites (N-methyl/N-ethyl adjacent to an activating group) is 1. The second-order valence-electron chi connectivity index (χ2n) is 2.17. The fourth-order valence-corrected chi connectivity index (χ4v) is 0.802. The molecule has 1 amide bonds. The van der Waals surface area contributed by atoms with Crippen molar-refractivity contribution in [3.05, 3.63) is 0 Å². The Labute approximate surface area is 94.2 Å². The van der Waals surface area contributed by atoms with Crippen molar-refractivity contribution < 1.29 is 44.3 Å². The van der Waals surface area contributed by atoms with Crippen LogP contribution in [0.2, 0.25) is 0 Å². The van der Waals surface area contributed by atoms with E-state index in [2.05, 4.69) is 0 Å². The van der Waals surface area contributed by atoms with Gasteiger partial charge < -0.3 is 14.8 Å². The maximum absolute atomic E-state index is 10.7. The van der Waals surface area contributed by atoms with Gasteiger partial charge in [0.2, 0.25) is 0 Å². The van der Waals surface area contributed by atoms with Gasteiger partial charge in [0.05, 0.1) is 0 Å². The standard InChI is InChI=1S/C7H13NO3.Na/c1-3-5-8(4-2)6(9)7(10)11;/h3-5H2,1-2H3,(H,10,11);/q;+1/p-1. The predicted octanol–water partition coefficient (Wildman–Crippen LogP) is -4.00. The van der Waals surface area contributed by atoms with Crippen LogP contribution in [0.3, 0.4) is 0 Å². The van der Waals surface area contributed by atoms with Gasteiger partial charge in [-0.25, -0.2) is 0 Å². The Bertz CT molecular complexity index is 161. The van der Waals surface area contributed by atoms with E-state index in [1.54, 1.807) is 6.92 Å². The first kappa shape index (κ1) is 14.5. The summed E-state index contributed by atoms with van der Waals surface area (Å²) in [7, 11) is 0. The van der Waals surface area contributed by atoms with Crippen LogP contribution in [-0.4, -0.2) is 29.9 Å². The van der Waals surface area contributed by atoms with Crippen LogP contribution >= 0.6 is 0 Å². The van der Waals surface area contributed by atoms with E-state index in [-0.39, 0.29) is 29.6 Å². The van der Waals surface area contributed by atoms with Crippen LogP contribution in [-0.2, 0) is 9.59 Å². The molecular weight excluding hydrogens is 169 g/mol. The molecule has 0 heterocycles. The molecule has 0 aromatic carbocycles. The zero-order valence-corrected chi connectivity index (χ0v) is 9.79. The Kier molecular flexibility index (Phi) is 9.14. The van der Waals surface area contributed by atoms with Crippen molar-refractivity contribution >= 4 is 11.9 Å². The normalized spacial score (nSPS) is 8.50. The first-order valence-electron chi connectivity index (χ1n) is 3.63. The minimum Gasteiger partial charge on any atom is -0.540 e. The number of carboxylic acids is 1. The van der Waals surface area contributed by atoms with Crippen LogP contribution in [0, 0.1) is 0 Å².